The molecule has 0 bridgehead atoms. The van der Waals surface area contributed by atoms with Crippen LogP contribution in [0.3, 0.4) is 0 Å². The minimum Gasteiger partial charge on any atom is -0.388 e. The summed E-state index contributed by atoms with van der Waals surface area (Å²) in [5.41, 5.74) is -0.478. The standard InChI is InChI=1S/C19H32N3O8P/c1-5-18(3,30-31(27,28)19(4,26)6-2)9-12-13(23)14(24)16(29-12)22-10-11-7-8-20-15(11)21-17(22)25/h7-8,10,12-16,20,23-24,26H,5-6,9H2,1-4H3,(H,21,25)(H,27,28). The van der Waals surface area contributed by atoms with Crippen LogP contribution in [0.1, 0.15) is 47.0 Å². The van der Waals surface area contributed by atoms with E-state index in [0.717, 1.165) is 5.57 Å². The van der Waals surface area contributed by atoms with E-state index in [2.05, 4.69) is 10.6 Å². The number of amides is 2. The lowest BCUT2D eigenvalue weighted by molar-refractivity contribution is -0.0785. The summed E-state index contributed by atoms with van der Waals surface area (Å²) >= 11 is 0. The molecule has 0 saturated carbocycles. The van der Waals surface area contributed by atoms with Crippen molar-refractivity contribution in [2.45, 2.75) is 88.6 Å². The number of aliphatic hydroxyl groups excluding tert-OH is 2. The summed E-state index contributed by atoms with van der Waals surface area (Å²) in [6.45, 7) is 6.11. The van der Waals surface area contributed by atoms with Crippen LogP contribution in [0.4, 0.5) is 4.79 Å². The van der Waals surface area contributed by atoms with Gasteiger partial charge in [0, 0.05) is 18.2 Å². The van der Waals surface area contributed by atoms with Gasteiger partial charge in [-0.2, -0.15) is 0 Å². The Morgan fingerprint density at radius 3 is 2.55 bits per heavy atom. The lowest BCUT2D eigenvalue weighted by Crippen LogP contribution is -2.56. The highest BCUT2D eigenvalue weighted by atomic mass is 31.2. The normalized spacial score (nSPS) is 36.0. The predicted molar refractivity (Wildman–Crippen MR) is 110 cm³/mol. The molecule has 8 unspecified atom stereocenters. The summed E-state index contributed by atoms with van der Waals surface area (Å²) in [7, 11) is -4.43. The van der Waals surface area contributed by atoms with Gasteiger partial charge < -0.3 is 40.1 Å². The Kier molecular flexibility index (Phi) is 6.61. The average molecular weight is 461 g/mol. The number of carbonyl (C=O) groups excluding carboxylic acids is 1. The van der Waals surface area contributed by atoms with Crippen LogP contribution >= 0.6 is 7.60 Å². The van der Waals surface area contributed by atoms with E-state index in [9.17, 15) is 29.6 Å². The highest BCUT2D eigenvalue weighted by Crippen LogP contribution is 2.59. The van der Waals surface area contributed by atoms with Gasteiger partial charge >= 0.3 is 13.6 Å². The van der Waals surface area contributed by atoms with Crippen molar-refractivity contribution in [2.24, 2.45) is 0 Å². The SMILES string of the molecule is CCC(C)(CC1OC(N2C=C3C=CNC3NC2=O)C(O)C1O)OP(=O)(O)C(C)(O)CC. The first-order valence-electron chi connectivity index (χ1n) is 10.3. The van der Waals surface area contributed by atoms with Crippen molar-refractivity contribution in [3.05, 3.63) is 24.0 Å². The Morgan fingerprint density at radius 2 is 1.94 bits per heavy atom. The molecule has 8 atom stereocenters. The molecule has 2 amide bonds. The van der Waals surface area contributed by atoms with E-state index in [4.69, 9.17) is 9.26 Å². The Bertz CT molecular complexity index is 818. The molecule has 0 aromatic carbocycles. The number of fused-ring (bicyclic) bond motifs is 1. The monoisotopic (exact) mass is 461 g/mol. The van der Waals surface area contributed by atoms with E-state index < -0.39 is 49.1 Å². The topological polar surface area (TPSA) is 161 Å². The maximum absolute atomic E-state index is 12.7. The lowest BCUT2D eigenvalue weighted by Gasteiger charge is -2.37. The minimum absolute atomic E-state index is 0.00690. The van der Waals surface area contributed by atoms with Crippen molar-refractivity contribution < 1.29 is 38.8 Å². The van der Waals surface area contributed by atoms with Crippen molar-refractivity contribution in [1.29, 1.82) is 0 Å². The van der Waals surface area contributed by atoms with Gasteiger partial charge in [0.25, 0.3) is 0 Å². The second-order valence-corrected chi connectivity index (χ2v) is 10.8. The number of urea groups is 1. The largest absolute Gasteiger partial charge is 0.388 e. The molecule has 11 nitrogen and oxygen atoms in total. The molecular weight excluding hydrogens is 429 g/mol. The van der Waals surface area contributed by atoms with E-state index >= 15 is 0 Å². The van der Waals surface area contributed by atoms with Crippen molar-refractivity contribution in [3.63, 3.8) is 0 Å². The molecule has 176 valence electrons. The average Bonchev–Trinajstić information content (AvgIpc) is 3.26. The third-order valence-electron chi connectivity index (χ3n) is 6.28. The number of nitrogens with zero attached hydrogens (tertiary/aromatic N) is 1. The van der Waals surface area contributed by atoms with Crippen molar-refractivity contribution in [2.75, 3.05) is 0 Å². The van der Waals surface area contributed by atoms with Gasteiger partial charge in [0.1, 0.15) is 18.4 Å². The van der Waals surface area contributed by atoms with E-state index in [1.54, 1.807) is 39.2 Å². The van der Waals surface area contributed by atoms with E-state index in [-0.39, 0.29) is 25.4 Å². The summed E-state index contributed by atoms with van der Waals surface area (Å²) in [6, 6.07) is -0.504. The molecule has 6 N–H and O–H groups in total. The number of ether oxygens (including phenoxy) is 1. The zero-order valence-corrected chi connectivity index (χ0v) is 19.0. The quantitative estimate of drug-likeness (QED) is 0.285. The first-order chi connectivity index (χ1) is 14.3. The number of carbonyl (C=O) groups is 1. The van der Waals surface area contributed by atoms with Crippen LogP contribution in [-0.2, 0) is 13.8 Å². The van der Waals surface area contributed by atoms with Crippen LogP contribution in [0.2, 0.25) is 0 Å². The van der Waals surface area contributed by atoms with Crippen molar-refractivity contribution >= 4 is 13.6 Å². The Hall–Kier alpha value is -1.46. The Balaban J connectivity index is 1.76. The molecular formula is C19H32N3O8P. The van der Waals surface area contributed by atoms with Crippen LogP contribution in [0.25, 0.3) is 0 Å². The first-order valence-corrected chi connectivity index (χ1v) is 11.9. The molecule has 0 aliphatic carbocycles. The Morgan fingerprint density at radius 1 is 1.26 bits per heavy atom. The molecule has 1 fully saturated rings. The summed E-state index contributed by atoms with van der Waals surface area (Å²) in [4.78, 5) is 24.0. The summed E-state index contributed by atoms with van der Waals surface area (Å²) in [6.07, 6.45) is 0.000137. The van der Waals surface area contributed by atoms with E-state index in [1.807, 2.05) is 0 Å². The zero-order chi connectivity index (χ0) is 23.2. The van der Waals surface area contributed by atoms with Gasteiger partial charge in [-0.05, 0) is 39.0 Å². The summed E-state index contributed by atoms with van der Waals surface area (Å²) in [5, 5.41) is 35.1. The molecule has 3 rings (SSSR count). The summed E-state index contributed by atoms with van der Waals surface area (Å²) < 4.78 is 24.0. The van der Waals surface area contributed by atoms with E-state index in [0.29, 0.717) is 0 Å². The van der Waals surface area contributed by atoms with Crippen LogP contribution in [0.15, 0.2) is 24.0 Å². The molecule has 0 aromatic heterocycles. The second kappa shape index (κ2) is 8.47. The molecule has 3 heterocycles. The third kappa shape index (κ3) is 4.54. The fraction of sp³-hybridized carbons (Fsp3) is 0.737. The number of rotatable bonds is 8. The van der Waals surface area contributed by atoms with Gasteiger partial charge in [-0.15, -0.1) is 0 Å². The fourth-order valence-electron chi connectivity index (χ4n) is 3.68. The molecule has 0 aromatic rings. The lowest BCUT2D eigenvalue weighted by atomic mass is 9.93. The molecule has 1 saturated heterocycles. The highest BCUT2D eigenvalue weighted by molar-refractivity contribution is 7.54. The molecule has 31 heavy (non-hydrogen) atoms. The molecule has 12 heteroatoms. The van der Waals surface area contributed by atoms with Gasteiger partial charge in [-0.1, -0.05) is 13.8 Å². The van der Waals surface area contributed by atoms with Crippen LogP contribution in [-0.4, -0.2) is 72.8 Å². The van der Waals surface area contributed by atoms with Crippen LogP contribution in [0, 0.1) is 0 Å². The van der Waals surface area contributed by atoms with Gasteiger partial charge in [0.2, 0.25) is 0 Å². The predicted octanol–water partition coefficient (Wildman–Crippen LogP) is 0.664. The van der Waals surface area contributed by atoms with Gasteiger partial charge in [0.15, 0.2) is 11.6 Å². The number of hydrogen-bond acceptors (Lipinski definition) is 8. The second-order valence-electron chi connectivity index (χ2n) is 8.65. The summed E-state index contributed by atoms with van der Waals surface area (Å²) in [5.74, 6) is 0. The molecule has 3 aliphatic heterocycles. The molecule has 0 radical (unpaired) electrons. The van der Waals surface area contributed by atoms with E-state index in [1.165, 1.54) is 11.8 Å². The van der Waals surface area contributed by atoms with Crippen LogP contribution in [0.5, 0.6) is 0 Å². The van der Waals surface area contributed by atoms with Crippen molar-refractivity contribution in [3.8, 4) is 0 Å². The number of aliphatic hydroxyl groups is 3. The molecule has 0 spiro atoms. The highest BCUT2D eigenvalue weighted by Gasteiger charge is 2.52. The van der Waals surface area contributed by atoms with Gasteiger partial charge in [-0.25, -0.2) is 4.79 Å². The van der Waals surface area contributed by atoms with Gasteiger partial charge in [-0.3, -0.25) is 9.46 Å². The number of hydrogen-bond donors (Lipinski definition) is 6. The fourth-order valence-corrected chi connectivity index (χ4v) is 5.08. The van der Waals surface area contributed by atoms with Gasteiger partial charge in [0.05, 0.1) is 11.7 Å². The minimum atomic E-state index is -4.43. The maximum Gasteiger partial charge on any atom is 0.359 e. The maximum atomic E-state index is 12.7. The third-order valence-corrected chi connectivity index (χ3v) is 8.50. The van der Waals surface area contributed by atoms with Crippen molar-refractivity contribution in [1.82, 2.24) is 15.5 Å². The smallest absolute Gasteiger partial charge is 0.359 e. The Labute approximate surface area is 181 Å². The molecule has 3 aliphatic rings. The number of nitrogens with one attached hydrogen (secondary N) is 2. The van der Waals surface area contributed by atoms with Crippen LogP contribution < -0.4 is 10.6 Å². The zero-order valence-electron chi connectivity index (χ0n) is 18.1. The first kappa shape index (κ1) is 24.2.